The van der Waals surface area contributed by atoms with Crippen molar-refractivity contribution in [2.45, 2.75) is 43.9 Å². The zero-order chi connectivity index (χ0) is 9.36. The van der Waals surface area contributed by atoms with E-state index in [0.29, 0.717) is 0 Å². The molecule has 0 bridgehead atoms. The van der Waals surface area contributed by atoms with Crippen LogP contribution in [0.5, 0.6) is 0 Å². The number of hydrogen-bond donors (Lipinski definition) is 0. The van der Waals surface area contributed by atoms with E-state index in [1.165, 1.54) is 19.1 Å². The maximum atomic E-state index is 11.1. The number of carbonyl (C=O) groups excluding carboxylic acids is 1. The second-order valence-corrected chi connectivity index (χ2v) is 6.28. The molecule has 1 saturated heterocycles. The molecule has 74 valence electrons. The molecule has 2 nitrogen and oxygen atoms in total. The fourth-order valence-electron chi connectivity index (χ4n) is 2.69. The molecule has 0 radical (unpaired) electrons. The fourth-order valence-corrected chi connectivity index (χ4v) is 4.78. The lowest BCUT2D eigenvalue weighted by Gasteiger charge is -2.41. The number of carbonyl (C=O) groups is 1. The summed E-state index contributed by atoms with van der Waals surface area (Å²) < 4.78 is 5.96. The van der Waals surface area contributed by atoms with Gasteiger partial charge in [-0.2, -0.15) is 0 Å². The highest BCUT2D eigenvalue weighted by Crippen LogP contribution is 2.56. The molecule has 0 aromatic heterocycles. The topological polar surface area (TPSA) is 26.3 Å². The summed E-state index contributed by atoms with van der Waals surface area (Å²) in [5.41, 5.74) is -0.0333. The van der Waals surface area contributed by atoms with E-state index >= 15 is 0 Å². The smallest absolute Gasteiger partial charge is 0.128 e. The molecule has 0 N–H and O–H groups in total. The van der Waals surface area contributed by atoms with Crippen molar-refractivity contribution in [3.8, 4) is 0 Å². The van der Waals surface area contributed by atoms with Crippen molar-refractivity contribution in [2.24, 2.45) is 5.41 Å². The molecule has 0 aromatic carbocycles. The lowest BCUT2D eigenvalue weighted by molar-refractivity contribution is -0.125. The summed E-state index contributed by atoms with van der Waals surface area (Å²) in [5.74, 6) is 0. The SMILES string of the molecule is C[SiH2]C1(C2(C=O)CC2)CCCCO1. The van der Waals surface area contributed by atoms with E-state index in [4.69, 9.17) is 4.74 Å². The molecule has 0 spiro atoms. The third-order valence-corrected chi connectivity index (χ3v) is 6.25. The van der Waals surface area contributed by atoms with E-state index in [0.717, 1.165) is 25.9 Å². The molecule has 1 aliphatic heterocycles. The molecular weight excluding hydrogens is 180 g/mol. The van der Waals surface area contributed by atoms with Gasteiger partial charge < -0.3 is 9.53 Å². The Morgan fingerprint density at radius 3 is 2.46 bits per heavy atom. The van der Waals surface area contributed by atoms with Crippen molar-refractivity contribution in [2.75, 3.05) is 6.61 Å². The van der Waals surface area contributed by atoms with Crippen LogP contribution in [0.25, 0.3) is 0 Å². The first-order valence-corrected chi connectivity index (χ1v) is 7.51. The highest BCUT2D eigenvalue weighted by atomic mass is 28.2. The van der Waals surface area contributed by atoms with Gasteiger partial charge >= 0.3 is 0 Å². The van der Waals surface area contributed by atoms with Crippen molar-refractivity contribution in [3.05, 3.63) is 0 Å². The quantitative estimate of drug-likeness (QED) is 0.501. The number of aldehydes is 1. The maximum absolute atomic E-state index is 11.1. The molecule has 2 fully saturated rings. The van der Waals surface area contributed by atoms with Crippen LogP contribution in [-0.2, 0) is 9.53 Å². The monoisotopic (exact) mass is 198 g/mol. The predicted molar refractivity (Wildman–Crippen MR) is 54.7 cm³/mol. The van der Waals surface area contributed by atoms with E-state index in [-0.39, 0.29) is 20.2 Å². The van der Waals surface area contributed by atoms with Gasteiger partial charge in [0.2, 0.25) is 0 Å². The van der Waals surface area contributed by atoms with Crippen LogP contribution in [0, 0.1) is 5.41 Å². The van der Waals surface area contributed by atoms with Crippen LogP contribution in [0.1, 0.15) is 32.1 Å². The molecule has 0 amide bonds. The van der Waals surface area contributed by atoms with Crippen LogP contribution in [0.4, 0.5) is 0 Å². The Bertz CT molecular complexity index is 205. The lowest BCUT2D eigenvalue weighted by atomic mass is 9.93. The molecule has 1 aliphatic carbocycles. The van der Waals surface area contributed by atoms with Gasteiger partial charge in [-0.05, 0) is 32.1 Å². The van der Waals surface area contributed by atoms with Crippen molar-refractivity contribution < 1.29 is 9.53 Å². The van der Waals surface area contributed by atoms with Gasteiger partial charge in [-0.1, -0.05) is 6.55 Å². The van der Waals surface area contributed by atoms with E-state index in [9.17, 15) is 4.79 Å². The number of hydrogen-bond acceptors (Lipinski definition) is 2. The van der Waals surface area contributed by atoms with E-state index in [1.54, 1.807) is 0 Å². The summed E-state index contributed by atoms with van der Waals surface area (Å²) >= 11 is 0. The largest absolute Gasteiger partial charge is 0.378 e. The first-order valence-electron chi connectivity index (χ1n) is 5.39. The minimum absolute atomic E-state index is 0.0333. The van der Waals surface area contributed by atoms with Crippen molar-refractivity contribution in [3.63, 3.8) is 0 Å². The van der Waals surface area contributed by atoms with Gasteiger partial charge in [-0.15, -0.1) is 0 Å². The van der Waals surface area contributed by atoms with Gasteiger partial charge in [0, 0.05) is 6.61 Å². The molecule has 1 heterocycles. The number of rotatable bonds is 3. The van der Waals surface area contributed by atoms with Crippen LogP contribution >= 0.6 is 0 Å². The molecular formula is C10H18O2Si. The van der Waals surface area contributed by atoms with Gasteiger partial charge in [0.15, 0.2) is 0 Å². The van der Waals surface area contributed by atoms with Crippen molar-refractivity contribution in [1.82, 2.24) is 0 Å². The second-order valence-electron chi connectivity index (χ2n) is 4.43. The molecule has 2 aliphatic rings. The lowest BCUT2D eigenvalue weighted by Crippen LogP contribution is -2.50. The second kappa shape index (κ2) is 3.21. The first-order chi connectivity index (χ1) is 6.29. The molecule has 13 heavy (non-hydrogen) atoms. The summed E-state index contributed by atoms with van der Waals surface area (Å²) in [7, 11) is -0.245. The highest BCUT2D eigenvalue weighted by molar-refractivity contribution is 6.39. The van der Waals surface area contributed by atoms with Crippen LogP contribution < -0.4 is 0 Å². The van der Waals surface area contributed by atoms with Gasteiger partial charge in [0.05, 0.1) is 20.2 Å². The standard InChI is InChI=1S/C10H18O2Si/c1-13-10(4-2-3-7-12-10)9(8-11)5-6-9/h8H,2-7,13H2,1H3. The zero-order valence-electron chi connectivity index (χ0n) is 8.34. The summed E-state index contributed by atoms with van der Waals surface area (Å²) in [4.78, 5) is 11.1. The maximum Gasteiger partial charge on any atom is 0.128 e. The Morgan fingerprint density at radius 1 is 1.31 bits per heavy atom. The fraction of sp³-hybridized carbons (Fsp3) is 0.900. The predicted octanol–water partition coefficient (Wildman–Crippen LogP) is 1.08. The molecule has 2 rings (SSSR count). The van der Waals surface area contributed by atoms with Gasteiger partial charge in [-0.25, -0.2) is 0 Å². The third-order valence-electron chi connectivity index (χ3n) is 3.85. The molecule has 1 atom stereocenters. The van der Waals surface area contributed by atoms with E-state index < -0.39 is 0 Å². The summed E-state index contributed by atoms with van der Waals surface area (Å²) in [6.45, 7) is 3.17. The Hall–Kier alpha value is -0.153. The Labute approximate surface area is 81.9 Å². The van der Waals surface area contributed by atoms with Crippen LogP contribution in [0.15, 0.2) is 0 Å². The van der Waals surface area contributed by atoms with Gasteiger partial charge in [-0.3, -0.25) is 0 Å². The number of ether oxygens (including phenoxy) is 1. The molecule has 3 heteroatoms. The van der Waals surface area contributed by atoms with E-state index in [2.05, 4.69) is 6.55 Å². The van der Waals surface area contributed by atoms with Crippen LogP contribution in [-0.4, -0.2) is 27.6 Å². The van der Waals surface area contributed by atoms with Gasteiger partial charge in [0.25, 0.3) is 0 Å². The summed E-state index contributed by atoms with van der Waals surface area (Å²) in [6, 6.07) is 0. The Balaban J connectivity index is 2.18. The average molecular weight is 198 g/mol. The Kier molecular flexibility index (Phi) is 2.32. The Morgan fingerprint density at radius 2 is 2.08 bits per heavy atom. The zero-order valence-corrected chi connectivity index (χ0v) is 9.76. The molecule has 1 unspecified atom stereocenters. The highest BCUT2D eigenvalue weighted by Gasteiger charge is 2.59. The average Bonchev–Trinajstić information content (AvgIpc) is 3.00. The van der Waals surface area contributed by atoms with Crippen LogP contribution in [0.3, 0.4) is 0 Å². The molecule has 0 aromatic rings. The normalized spacial score (nSPS) is 37.9. The van der Waals surface area contributed by atoms with E-state index in [1.807, 2.05) is 0 Å². The van der Waals surface area contributed by atoms with Crippen molar-refractivity contribution in [1.29, 1.82) is 0 Å². The van der Waals surface area contributed by atoms with Crippen LogP contribution in [0.2, 0.25) is 6.55 Å². The first kappa shape index (κ1) is 9.40. The van der Waals surface area contributed by atoms with Gasteiger partial charge in [0.1, 0.15) is 6.29 Å². The third kappa shape index (κ3) is 1.29. The minimum atomic E-state index is -0.245. The minimum Gasteiger partial charge on any atom is -0.378 e. The molecule has 1 saturated carbocycles. The summed E-state index contributed by atoms with van der Waals surface area (Å²) in [5, 5.41) is 0.0486. The van der Waals surface area contributed by atoms with Crippen molar-refractivity contribution >= 4 is 15.8 Å². The summed E-state index contributed by atoms with van der Waals surface area (Å²) in [6.07, 6.45) is 6.94.